The first-order chi connectivity index (χ1) is 6.83. The monoisotopic (exact) mass is 246 g/mol. The minimum Gasteiger partial charge on any atom is -0.288 e. The summed E-state index contributed by atoms with van der Waals surface area (Å²) in [5.41, 5.74) is 1.36. The van der Waals surface area contributed by atoms with Crippen LogP contribution in [0.1, 0.15) is 47.0 Å². The molecule has 0 saturated carbocycles. The van der Waals surface area contributed by atoms with Gasteiger partial charge in [0, 0.05) is 17.4 Å². The number of hydrogen-bond donors (Lipinski definition) is 1. The predicted molar refractivity (Wildman–Crippen MR) is 73.8 cm³/mol. The van der Waals surface area contributed by atoms with Gasteiger partial charge < -0.3 is 0 Å². The van der Waals surface area contributed by atoms with E-state index < -0.39 is 0 Å². The van der Waals surface area contributed by atoms with Gasteiger partial charge in [-0.1, -0.05) is 30.3 Å². The van der Waals surface area contributed by atoms with E-state index in [4.69, 9.17) is 0 Å². The smallest absolute Gasteiger partial charge is 0.185 e. The number of thioether (sulfide) groups is 1. The van der Waals surface area contributed by atoms with E-state index in [1.54, 1.807) is 6.92 Å². The van der Waals surface area contributed by atoms with Crippen LogP contribution in [-0.4, -0.2) is 15.6 Å². The molecule has 88 valence electrons. The first-order valence-corrected chi connectivity index (χ1v) is 6.76. The highest BCUT2D eigenvalue weighted by molar-refractivity contribution is 8.13. The van der Waals surface area contributed by atoms with Crippen molar-refractivity contribution in [3.05, 3.63) is 11.6 Å². The van der Waals surface area contributed by atoms with Gasteiger partial charge in [-0.15, -0.1) is 0 Å². The molecule has 0 aliphatic heterocycles. The fourth-order valence-electron chi connectivity index (χ4n) is 1.21. The Hall–Kier alpha value is 0.110. The normalized spacial score (nSPS) is 14.5. The molecule has 0 spiro atoms. The summed E-state index contributed by atoms with van der Waals surface area (Å²) in [5, 5.41) is 0.198. The Morgan fingerprint density at radius 1 is 1.33 bits per heavy atom. The molecule has 0 aromatic carbocycles. The lowest BCUT2D eigenvalue weighted by molar-refractivity contribution is -0.109. The number of allylic oxidation sites excluding steroid dienone is 2. The van der Waals surface area contributed by atoms with Crippen molar-refractivity contribution >= 4 is 29.5 Å². The zero-order valence-electron chi connectivity index (χ0n) is 10.2. The van der Waals surface area contributed by atoms with E-state index in [9.17, 15) is 4.79 Å². The van der Waals surface area contributed by atoms with Crippen molar-refractivity contribution in [1.29, 1.82) is 0 Å². The number of carbonyl (C=O) groups excluding carboxylic acids is 1. The molecule has 0 aliphatic rings. The van der Waals surface area contributed by atoms with Crippen LogP contribution in [-0.2, 0) is 4.79 Å². The SMILES string of the molecule is CC(=O)SCCC(C)(S)CCC=C(C)C. The van der Waals surface area contributed by atoms with Crippen LogP contribution in [0.15, 0.2) is 11.6 Å². The highest BCUT2D eigenvalue weighted by atomic mass is 32.2. The third kappa shape index (κ3) is 10.4. The first kappa shape index (κ1) is 15.1. The van der Waals surface area contributed by atoms with Gasteiger partial charge in [-0.25, -0.2) is 0 Å². The summed E-state index contributed by atoms with van der Waals surface area (Å²) in [5.74, 6) is 0.879. The summed E-state index contributed by atoms with van der Waals surface area (Å²) in [4.78, 5) is 10.8. The van der Waals surface area contributed by atoms with Gasteiger partial charge in [0.2, 0.25) is 0 Å². The maximum atomic E-state index is 10.8. The highest BCUT2D eigenvalue weighted by Gasteiger charge is 2.17. The van der Waals surface area contributed by atoms with Gasteiger partial charge in [0.15, 0.2) is 5.12 Å². The molecule has 0 saturated heterocycles. The standard InChI is InChI=1S/C12H22OS2/c1-10(2)6-5-7-12(4,14)8-9-15-11(3)13/h6,14H,5,7-9H2,1-4H3. The Morgan fingerprint density at radius 3 is 2.40 bits per heavy atom. The lowest BCUT2D eigenvalue weighted by Gasteiger charge is -2.22. The number of thiol groups is 1. The van der Waals surface area contributed by atoms with Crippen molar-refractivity contribution < 1.29 is 4.79 Å². The van der Waals surface area contributed by atoms with Crippen molar-refractivity contribution in [3.63, 3.8) is 0 Å². The maximum absolute atomic E-state index is 10.8. The van der Waals surface area contributed by atoms with Gasteiger partial charge in [0.05, 0.1) is 0 Å². The van der Waals surface area contributed by atoms with E-state index in [2.05, 4.69) is 39.5 Å². The Balaban J connectivity index is 3.76. The third-order valence-corrected chi connectivity index (χ3v) is 3.44. The molecule has 0 aromatic heterocycles. The number of carbonyl (C=O) groups is 1. The van der Waals surface area contributed by atoms with E-state index in [0.29, 0.717) is 0 Å². The molecule has 0 N–H and O–H groups in total. The Labute approximate surface area is 104 Å². The first-order valence-electron chi connectivity index (χ1n) is 5.32. The molecular formula is C12H22OS2. The van der Waals surface area contributed by atoms with Crippen LogP contribution in [0.25, 0.3) is 0 Å². The zero-order valence-corrected chi connectivity index (χ0v) is 11.9. The largest absolute Gasteiger partial charge is 0.288 e. The molecule has 0 aromatic rings. The Morgan fingerprint density at radius 2 is 1.93 bits per heavy atom. The topological polar surface area (TPSA) is 17.1 Å². The molecule has 0 amide bonds. The van der Waals surface area contributed by atoms with Crippen LogP contribution in [0.5, 0.6) is 0 Å². The van der Waals surface area contributed by atoms with Crippen molar-refractivity contribution in [2.24, 2.45) is 0 Å². The van der Waals surface area contributed by atoms with Gasteiger partial charge >= 0.3 is 0 Å². The van der Waals surface area contributed by atoms with Crippen LogP contribution in [0.3, 0.4) is 0 Å². The van der Waals surface area contributed by atoms with E-state index in [0.717, 1.165) is 25.0 Å². The molecule has 3 heteroatoms. The van der Waals surface area contributed by atoms with E-state index >= 15 is 0 Å². The second-order valence-corrected chi connectivity index (χ2v) is 6.76. The van der Waals surface area contributed by atoms with Crippen LogP contribution in [0.4, 0.5) is 0 Å². The molecule has 1 atom stereocenters. The average Bonchev–Trinajstić information content (AvgIpc) is 2.01. The lowest BCUT2D eigenvalue weighted by Crippen LogP contribution is -2.17. The molecule has 0 radical (unpaired) electrons. The van der Waals surface area contributed by atoms with Crippen LogP contribution < -0.4 is 0 Å². The van der Waals surface area contributed by atoms with E-state index in [1.165, 1.54) is 17.3 Å². The summed E-state index contributed by atoms with van der Waals surface area (Å²) in [6.45, 7) is 7.99. The van der Waals surface area contributed by atoms with Crippen molar-refractivity contribution in [3.8, 4) is 0 Å². The van der Waals surface area contributed by atoms with Gasteiger partial charge in [-0.3, -0.25) is 4.79 Å². The fraction of sp³-hybridized carbons (Fsp3) is 0.750. The molecule has 0 aliphatic carbocycles. The average molecular weight is 246 g/mol. The molecule has 1 unspecified atom stereocenters. The van der Waals surface area contributed by atoms with E-state index in [1.807, 2.05) is 0 Å². The molecule has 1 nitrogen and oxygen atoms in total. The van der Waals surface area contributed by atoms with Crippen LogP contribution in [0, 0.1) is 0 Å². The van der Waals surface area contributed by atoms with Crippen LogP contribution in [0.2, 0.25) is 0 Å². The third-order valence-electron chi connectivity index (χ3n) is 2.18. The Bertz CT molecular complexity index is 228. The van der Waals surface area contributed by atoms with Crippen molar-refractivity contribution in [2.45, 2.75) is 51.7 Å². The summed E-state index contributed by atoms with van der Waals surface area (Å²) in [6.07, 6.45) is 5.37. The zero-order chi connectivity index (χ0) is 11.9. The van der Waals surface area contributed by atoms with Crippen molar-refractivity contribution in [2.75, 3.05) is 5.75 Å². The summed E-state index contributed by atoms with van der Waals surface area (Å²) >= 11 is 6.03. The summed E-state index contributed by atoms with van der Waals surface area (Å²) < 4.78 is 0.0500. The molecule has 0 heterocycles. The lowest BCUT2D eigenvalue weighted by atomic mass is 10.0. The van der Waals surface area contributed by atoms with E-state index in [-0.39, 0.29) is 9.86 Å². The minimum absolute atomic E-state index is 0.0500. The predicted octanol–water partition coefficient (Wildman–Crippen LogP) is 4.09. The molecule has 0 rings (SSSR count). The molecule has 15 heavy (non-hydrogen) atoms. The molecule has 0 bridgehead atoms. The Kier molecular flexibility index (Phi) is 7.45. The summed E-state index contributed by atoms with van der Waals surface area (Å²) in [6, 6.07) is 0. The second kappa shape index (κ2) is 7.39. The number of rotatable bonds is 6. The van der Waals surface area contributed by atoms with Gasteiger partial charge in [-0.2, -0.15) is 12.6 Å². The highest BCUT2D eigenvalue weighted by Crippen LogP contribution is 2.27. The number of hydrogen-bond acceptors (Lipinski definition) is 3. The fourth-order valence-corrected chi connectivity index (χ4v) is 2.44. The van der Waals surface area contributed by atoms with Gasteiger partial charge in [0.25, 0.3) is 0 Å². The summed E-state index contributed by atoms with van der Waals surface area (Å²) in [7, 11) is 0. The minimum atomic E-state index is 0.0500. The quantitative estimate of drug-likeness (QED) is 0.561. The molecular weight excluding hydrogens is 224 g/mol. The molecule has 0 fully saturated rings. The van der Waals surface area contributed by atoms with Gasteiger partial charge in [0.1, 0.15) is 0 Å². The van der Waals surface area contributed by atoms with Crippen molar-refractivity contribution in [1.82, 2.24) is 0 Å². The second-order valence-electron chi connectivity index (χ2n) is 4.41. The van der Waals surface area contributed by atoms with Crippen LogP contribution >= 0.6 is 24.4 Å². The maximum Gasteiger partial charge on any atom is 0.185 e. The van der Waals surface area contributed by atoms with Gasteiger partial charge in [-0.05, 0) is 33.1 Å².